The molecule has 0 bridgehead atoms. The highest BCUT2D eigenvalue weighted by Gasteiger charge is 2.47. The van der Waals surface area contributed by atoms with E-state index in [1.807, 2.05) is 49.4 Å². The highest BCUT2D eigenvalue weighted by atomic mass is 32.2. The van der Waals surface area contributed by atoms with Crippen LogP contribution < -0.4 is 4.90 Å². The van der Waals surface area contributed by atoms with Crippen molar-refractivity contribution in [2.24, 2.45) is 0 Å². The van der Waals surface area contributed by atoms with Crippen LogP contribution in [0, 0.1) is 6.92 Å². The van der Waals surface area contributed by atoms with Crippen LogP contribution >= 0.6 is 23.5 Å². The van der Waals surface area contributed by atoms with E-state index in [1.165, 1.54) is 23.5 Å². The number of anilines is 1. The minimum atomic E-state index is -3.86. The summed E-state index contributed by atoms with van der Waals surface area (Å²) in [5.41, 5.74) is 1.97. The average Bonchev–Trinajstić information content (AvgIpc) is 2.80. The Kier molecular flexibility index (Phi) is 4.39. The van der Waals surface area contributed by atoms with Crippen molar-refractivity contribution in [3.63, 3.8) is 0 Å². The molecule has 0 spiro atoms. The molecule has 2 aromatic carbocycles. The molecule has 0 aliphatic carbocycles. The van der Waals surface area contributed by atoms with Crippen LogP contribution in [0.3, 0.4) is 0 Å². The molecule has 2 aromatic rings. The molecule has 0 aromatic heterocycles. The quantitative estimate of drug-likeness (QED) is 0.603. The van der Waals surface area contributed by atoms with E-state index < -0.39 is 14.5 Å². The molecule has 1 aliphatic rings. The van der Waals surface area contributed by atoms with Gasteiger partial charge in [0.2, 0.25) is 0 Å². The molecule has 1 unspecified atom stereocenters. The zero-order valence-corrected chi connectivity index (χ0v) is 15.5. The molecule has 122 valence electrons. The second kappa shape index (κ2) is 6.05. The molecule has 0 saturated carbocycles. The van der Waals surface area contributed by atoms with Gasteiger partial charge in [0, 0.05) is 11.9 Å². The number of thioether (sulfide) groups is 2. The molecular formula is C16H17NO3S3. The third kappa shape index (κ3) is 2.98. The van der Waals surface area contributed by atoms with Gasteiger partial charge in [0.15, 0.2) is 0 Å². The van der Waals surface area contributed by atoms with Crippen molar-refractivity contribution in [1.29, 1.82) is 0 Å². The number of hydrogen-bond acceptors (Lipinski definition) is 6. The molecule has 0 saturated heterocycles. The number of rotatable bonds is 4. The van der Waals surface area contributed by atoms with Crippen LogP contribution in [0.15, 0.2) is 58.3 Å². The monoisotopic (exact) mass is 367 g/mol. The van der Waals surface area contributed by atoms with Crippen LogP contribution in [0.25, 0.3) is 0 Å². The minimum absolute atomic E-state index is 0.168. The summed E-state index contributed by atoms with van der Waals surface area (Å²) in [6.07, 6.45) is 1.85. The molecule has 1 heterocycles. The van der Waals surface area contributed by atoms with E-state index in [1.54, 1.807) is 24.3 Å². The topological polar surface area (TPSA) is 46.6 Å². The molecular weight excluding hydrogens is 350 g/mol. The number of aryl methyl sites for hydroxylation is 1. The summed E-state index contributed by atoms with van der Waals surface area (Å²) in [4.78, 5) is 3.04. The Morgan fingerprint density at radius 1 is 1.13 bits per heavy atom. The molecule has 0 fully saturated rings. The molecule has 3 rings (SSSR count). The van der Waals surface area contributed by atoms with E-state index >= 15 is 0 Å². The van der Waals surface area contributed by atoms with Gasteiger partial charge in [-0.3, -0.25) is 0 Å². The zero-order valence-electron chi connectivity index (χ0n) is 13.0. The Balaban J connectivity index is 1.96. The third-order valence-electron chi connectivity index (χ3n) is 3.66. The Morgan fingerprint density at radius 3 is 2.39 bits per heavy atom. The first-order valence-corrected chi connectivity index (χ1v) is 10.4. The van der Waals surface area contributed by atoms with Crippen LogP contribution in [-0.2, 0) is 14.3 Å². The number of hydrogen-bond donors (Lipinski definition) is 0. The SMILES string of the molecule is CSC1(OS(=O)(=O)c2ccc(C)cc2)Sc2ccccc2N1C. The fraction of sp³-hybridized carbons (Fsp3) is 0.250. The molecule has 0 radical (unpaired) electrons. The van der Waals surface area contributed by atoms with E-state index in [0.29, 0.717) is 0 Å². The van der Waals surface area contributed by atoms with E-state index in [4.69, 9.17) is 4.18 Å². The largest absolute Gasteiger partial charge is 0.327 e. The normalized spacial score (nSPS) is 20.6. The molecule has 0 amide bonds. The highest BCUT2D eigenvalue weighted by Crippen LogP contribution is 2.55. The van der Waals surface area contributed by atoms with Crippen LogP contribution in [0.1, 0.15) is 5.56 Å². The Hall–Kier alpha value is -1.15. The van der Waals surface area contributed by atoms with Gasteiger partial charge >= 0.3 is 10.1 Å². The van der Waals surface area contributed by atoms with Crippen LogP contribution in [0.5, 0.6) is 0 Å². The molecule has 1 atom stereocenters. The van der Waals surface area contributed by atoms with Crippen LogP contribution in [0.4, 0.5) is 5.69 Å². The van der Waals surface area contributed by atoms with Crippen molar-refractivity contribution in [2.75, 3.05) is 18.2 Å². The van der Waals surface area contributed by atoms with Gasteiger partial charge in [0.25, 0.3) is 4.39 Å². The number of para-hydroxylation sites is 1. The van der Waals surface area contributed by atoms with Gasteiger partial charge in [0.1, 0.15) is 0 Å². The van der Waals surface area contributed by atoms with Gasteiger partial charge in [-0.1, -0.05) is 53.4 Å². The van der Waals surface area contributed by atoms with Crippen molar-refractivity contribution in [1.82, 2.24) is 0 Å². The number of benzene rings is 2. The summed E-state index contributed by atoms with van der Waals surface area (Å²) < 4.78 is 30.0. The molecule has 7 heteroatoms. The van der Waals surface area contributed by atoms with Crippen molar-refractivity contribution in [2.45, 2.75) is 21.1 Å². The molecule has 1 aliphatic heterocycles. The first-order chi connectivity index (χ1) is 10.9. The van der Waals surface area contributed by atoms with Crippen molar-refractivity contribution in [3.05, 3.63) is 54.1 Å². The Labute approximate surface area is 145 Å². The Morgan fingerprint density at radius 2 is 1.78 bits per heavy atom. The summed E-state index contributed by atoms with van der Waals surface area (Å²) >= 11 is 2.76. The van der Waals surface area contributed by atoms with Crippen molar-refractivity contribution in [3.8, 4) is 0 Å². The van der Waals surface area contributed by atoms with Gasteiger partial charge in [-0.25, -0.2) is 4.18 Å². The third-order valence-corrected chi connectivity index (χ3v) is 7.98. The molecule has 4 nitrogen and oxygen atoms in total. The number of nitrogens with zero attached hydrogens (tertiary/aromatic N) is 1. The zero-order chi connectivity index (χ0) is 16.7. The van der Waals surface area contributed by atoms with Gasteiger partial charge in [-0.15, -0.1) is 0 Å². The van der Waals surface area contributed by atoms with E-state index in [9.17, 15) is 8.42 Å². The van der Waals surface area contributed by atoms with Gasteiger partial charge in [-0.2, -0.15) is 8.42 Å². The lowest BCUT2D eigenvalue weighted by molar-refractivity contribution is 0.265. The Bertz CT molecular complexity index is 821. The van der Waals surface area contributed by atoms with Crippen LogP contribution in [0.2, 0.25) is 0 Å². The second-order valence-electron chi connectivity index (χ2n) is 5.21. The van der Waals surface area contributed by atoms with E-state index in [2.05, 4.69) is 0 Å². The lowest BCUT2D eigenvalue weighted by Gasteiger charge is -2.33. The molecule has 23 heavy (non-hydrogen) atoms. The van der Waals surface area contributed by atoms with E-state index in [0.717, 1.165) is 16.1 Å². The average molecular weight is 368 g/mol. The van der Waals surface area contributed by atoms with Gasteiger partial charge in [0.05, 0.1) is 10.6 Å². The standard InChI is InChI=1S/C16H17NO3S3/c1-12-8-10-13(11-9-12)23(18,19)20-16(21-3)17(2)14-6-4-5-7-15(14)22-16/h4-11H,1-3H3. The first kappa shape index (κ1) is 16.7. The summed E-state index contributed by atoms with van der Waals surface area (Å²) in [6.45, 7) is 1.91. The maximum Gasteiger partial charge on any atom is 0.300 e. The van der Waals surface area contributed by atoms with Gasteiger partial charge in [-0.05, 0) is 37.4 Å². The summed E-state index contributed by atoms with van der Waals surface area (Å²) in [6, 6.07) is 14.5. The fourth-order valence-electron chi connectivity index (χ4n) is 2.35. The van der Waals surface area contributed by atoms with Crippen molar-refractivity contribution < 1.29 is 12.6 Å². The smallest absolute Gasteiger partial charge is 0.300 e. The number of fused-ring (bicyclic) bond motifs is 1. The second-order valence-corrected chi connectivity index (χ2v) is 9.17. The summed E-state index contributed by atoms with van der Waals surface area (Å²) in [5, 5.41) is 0. The van der Waals surface area contributed by atoms with Crippen LogP contribution in [-0.4, -0.2) is 26.1 Å². The van der Waals surface area contributed by atoms with Gasteiger partial charge < -0.3 is 4.90 Å². The maximum absolute atomic E-state index is 12.7. The predicted octanol–water partition coefficient (Wildman–Crippen LogP) is 3.92. The minimum Gasteiger partial charge on any atom is -0.327 e. The first-order valence-electron chi connectivity index (χ1n) is 6.97. The maximum atomic E-state index is 12.7. The van der Waals surface area contributed by atoms with E-state index in [-0.39, 0.29) is 4.90 Å². The lowest BCUT2D eigenvalue weighted by Crippen LogP contribution is -2.41. The molecule has 0 N–H and O–H groups in total. The predicted molar refractivity (Wildman–Crippen MR) is 96.4 cm³/mol. The highest BCUT2D eigenvalue weighted by molar-refractivity contribution is 8.18. The lowest BCUT2D eigenvalue weighted by atomic mass is 10.2. The van der Waals surface area contributed by atoms with Crippen molar-refractivity contribution >= 4 is 39.3 Å². The summed E-state index contributed by atoms with van der Waals surface area (Å²) in [5.74, 6) is 0. The fourth-order valence-corrected chi connectivity index (χ4v) is 6.20. The summed E-state index contributed by atoms with van der Waals surface area (Å²) in [7, 11) is -2.02.